The molecule has 112 valence electrons. The Bertz CT molecular complexity index is 709. The Labute approximate surface area is 133 Å². The molecule has 0 unspecified atom stereocenters. The van der Waals surface area contributed by atoms with Crippen LogP contribution < -0.4 is 10.9 Å². The molecule has 0 fully saturated rings. The molecule has 2 aromatic rings. The molecule has 0 aliphatic heterocycles. The second-order valence-electron chi connectivity index (χ2n) is 4.66. The average molecular weight is 315 g/mol. The molecule has 0 atom stereocenters. The summed E-state index contributed by atoms with van der Waals surface area (Å²) >= 11 is 5.98. The van der Waals surface area contributed by atoms with E-state index in [0.29, 0.717) is 10.6 Å². The molecule has 4 nitrogen and oxygen atoms in total. The largest absolute Gasteiger partial charge is 0.269 e. The van der Waals surface area contributed by atoms with Gasteiger partial charge in [-0.1, -0.05) is 47.5 Å². The van der Waals surface area contributed by atoms with Crippen molar-refractivity contribution in [3.63, 3.8) is 0 Å². The van der Waals surface area contributed by atoms with E-state index in [2.05, 4.69) is 10.9 Å². The first-order valence-electron chi connectivity index (χ1n) is 6.66. The molecular weight excluding hydrogens is 300 g/mol. The molecule has 0 spiro atoms. The van der Waals surface area contributed by atoms with Crippen LogP contribution in [-0.2, 0) is 4.79 Å². The summed E-state index contributed by atoms with van der Waals surface area (Å²) in [7, 11) is 0. The van der Waals surface area contributed by atoms with Gasteiger partial charge in [-0.3, -0.25) is 20.4 Å². The summed E-state index contributed by atoms with van der Waals surface area (Å²) in [6.07, 6.45) is 2.88. The Morgan fingerprint density at radius 2 is 1.68 bits per heavy atom. The normalized spacial score (nSPS) is 10.5. The molecular formula is C17H15ClN2O2. The van der Waals surface area contributed by atoms with Gasteiger partial charge in [0.1, 0.15) is 0 Å². The van der Waals surface area contributed by atoms with Crippen LogP contribution in [0.3, 0.4) is 0 Å². The van der Waals surface area contributed by atoms with Crippen LogP contribution in [0.5, 0.6) is 0 Å². The monoisotopic (exact) mass is 314 g/mol. The van der Waals surface area contributed by atoms with Gasteiger partial charge in [0.05, 0.1) is 0 Å². The average Bonchev–Trinajstić information content (AvgIpc) is 2.52. The zero-order valence-corrected chi connectivity index (χ0v) is 12.7. The molecule has 0 aromatic heterocycles. The predicted octanol–water partition coefficient (Wildman–Crippen LogP) is 3.12. The summed E-state index contributed by atoms with van der Waals surface area (Å²) < 4.78 is 0. The molecule has 2 N–H and O–H groups in total. The van der Waals surface area contributed by atoms with Crippen molar-refractivity contribution in [2.24, 2.45) is 0 Å². The predicted molar refractivity (Wildman–Crippen MR) is 87.3 cm³/mol. The van der Waals surface area contributed by atoms with E-state index in [1.807, 2.05) is 31.2 Å². The Hall–Kier alpha value is -2.59. The fourth-order valence-corrected chi connectivity index (χ4v) is 1.91. The third kappa shape index (κ3) is 4.46. The lowest BCUT2D eigenvalue weighted by Gasteiger charge is -2.05. The van der Waals surface area contributed by atoms with Gasteiger partial charge >= 0.3 is 0 Å². The maximum absolute atomic E-state index is 11.8. The van der Waals surface area contributed by atoms with E-state index >= 15 is 0 Å². The number of halogens is 1. The second-order valence-corrected chi connectivity index (χ2v) is 5.07. The van der Waals surface area contributed by atoms with Crippen molar-refractivity contribution in [1.82, 2.24) is 10.9 Å². The molecule has 2 aromatic carbocycles. The van der Waals surface area contributed by atoms with Crippen LogP contribution in [0.15, 0.2) is 54.6 Å². The summed E-state index contributed by atoms with van der Waals surface area (Å²) in [6.45, 7) is 1.93. The van der Waals surface area contributed by atoms with Crippen molar-refractivity contribution < 1.29 is 9.59 Å². The number of hydrogen-bond acceptors (Lipinski definition) is 2. The lowest BCUT2D eigenvalue weighted by atomic mass is 10.1. The number of carbonyl (C=O) groups excluding carboxylic acids is 2. The van der Waals surface area contributed by atoms with E-state index in [4.69, 9.17) is 11.6 Å². The molecule has 0 heterocycles. The third-order valence-corrected chi connectivity index (χ3v) is 3.28. The smallest absolute Gasteiger partial charge is 0.268 e. The molecule has 22 heavy (non-hydrogen) atoms. The number of hydrazine groups is 1. The van der Waals surface area contributed by atoms with Gasteiger partial charge in [-0.05, 0) is 36.8 Å². The van der Waals surface area contributed by atoms with Crippen LogP contribution in [0.1, 0.15) is 21.5 Å². The fraction of sp³-hybridized carbons (Fsp3) is 0.0588. The molecule has 5 heteroatoms. The zero-order chi connectivity index (χ0) is 15.9. The van der Waals surface area contributed by atoms with Crippen molar-refractivity contribution in [3.8, 4) is 0 Å². The van der Waals surface area contributed by atoms with Crippen LogP contribution in [0.2, 0.25) is 5.02 Å². The number of nitrogens with one attached hydrogen (secondary N) is 2. The lowest BCUT2D eigenvalue weighted by molar-refractivity contribution is -0.117. The molecule has 0 aliphatic rings. The van der Waals surface area contributed by atoms with Crippen LogP contribution >= 0.6 is 11.6 Å². The van der Waals surface area contributed by atoms with Crippen molar-refractivity contribution >= 4 is 29.5 Å². The highest BCUT2D eigenvalue weighted by Gasteiger charge is 2.05. The Morgan fingerprint density at radius 3 is 2.36 bits per heavy atom. The summed E-state index contributed by atoms with van der Waals surface area (Å²) in [4.78, 5) is 23.5. The van der Waals surface area contributed by atoms with Crippen LogP contribution in [-0.4, -0.2) is 11.8 Å². The van der Waals surface area contributed by atoms with Crippen LogP contribution in [0.25, 0.3) is 6.08 Å². The first-order chi connectivity index (χ1) is 10.6. The number of benzene rings is 2. The number of aryl methyl sites for hydroxylation is 1. The first-order valence-corrected chi connectivity index (χ1v) is 7.03. The second kappa shape index (κ2) is 7.43. The summed E-state index contributed by atoms with van der Waals surface area (Å²) in [5, 5.41) is 0.551. The van der Waals surface area contributed by atoms with Gasteiger partial charge in [-0.15, -0.1) is 0 Å². The number of rotatable bonds is 3. The van der Waals surface area contributed by atoms with Crippen LogP contribution in [0, 0.1) is 6.92 Å². The lowest BCUT2D eigenvalue weighted by Crippen LogP contribution is -2.40. The highest BCUT2D eigenvalue weighted by atomic mass is 35.5. The van der Waals surface area contributed by atoms with Gasteiger partial charge in [-0.25, -0.2) is 0 Å². The summed E-state index contributed by atoms with van der Waals surface area (Å²) in [6, 6.07) is 14.2. The molecule has 2 rings (SSSR count). The molecule has 0 saturated heterocycles. The SMILES string of the molecule is Cc1ccc(C(=O)NNC(=O)C=Cc2ccccc2Cl)cc1. The van der Waals surface area contributed by atoms with Crippen LogP contribution in [0.4, 0.5) is 0 Å². The number of carbonyl (C=O) groups is 2. The van der Waals surface area contributed by atoms with Crippen molar-refractivity contribution in [1.29, 1.82) is 0 Å². The highest BCUT2D eigenvalue weighted by Crippen LogP contribution is 2.15. The number of amides is 2. The van der Waals surface area contributed by atoms with Gasteiger partial charge in [0, 0.05) is 16.7 Å². The minimum Gasteiger partial charge on any atom is -0.268 e. The molecule has 0 radical (unpaired) electrons. The molecule has 0 bridgehead atoms. The maximum Gasteiger partial charge on any atom is 0.269 e. The van der Waals surface area contributed by atoms with E-state index in [-0.39, 0.29) is 5.91 Å². The van der Waals surface area contributed by atoms with Gasteiger partial charge in [-0.2, -0.15) is 0 Å². The molecule has 2 amide bonds. The quantitative estimate of drug-likeness (QED) is 0.675. The minimum absolute atomic E-state index is 0.375. The van der Waals surface area contributed by atoms with E-state index < -0.39 is 5.91 Å². The Balaban J connectivity index is 1.89. The van der Waals surface area contributed by atoms with E-state index in [0.717, 1.165) is 11.1 Å². The summed E-state index contributed by atoms with van der Waals surface area (Å²) in [5.74, 6) is -0.820. The van der Waals surface area contributed by atoms with Gasteiger partial charge < -0.3 is 0 Å². The molecule has 0 aliphatic carbocycles. The number of hydrogen-bond donors (Lipinski definition) is 2. The fourth-order valence-electron chi connectivity index (χ4n) is 1.71. The third-order valence-electron chi connectivity index (χ3n) is 2.93. The van der Waals surface area contributed by atoms with Gasteiger partial charge in [0.2, 0.25) is 0 Å². The topological polar surface area (TPSA) is 58.2 Å². The Kier molecular flexibility index (Phi) is 5.33. The minimum atomic E-state index is -0.444. The van der Waals surface area contributed by atoms with Crippen molar-refractivity contribution in [2.75, 3.05) is 0 Å². The van der Waals surface area contributed by atoms with Gasteiger partial charge in [0.15, 0.2) is 0 Å². The van der Waals surface area contributed by atoms with Crippen molar-refractivity contribution in [3.05, 3.63) is 76.3 Å². The Morgan fingerprint density at radius 1 is 1.00 bits per heavy atom. The zero-order valence-electron chi connectivity index (χ0n) is 12.0. The highest BCUT2D eigenvalue weighted by molar-refractivity contribution is 6.32. The first kappa shape index (κ1) is 15.8. The van der Waals surface area contributed by atoms with E-state index in [9.17, 15) is 9.59 Å². The van der Waals surface area contributed by atoms with E-state index in [1.54, 1.807) is 30.3 Å². The summed E-state index contributed by atoms with van der Waals surface area (Å²) in [5.41, 5.74) is 6.92. The maximum atomic E-state index is 11.8. The molecule has 0 saturated carbocycles. The van der Waals surface area contributed by atoms with Gasteiger partial charge in [0.25, 0.3) is 11.8 Å². The van der Waals surface area contributed by atoms with E-state index in [1.165, 1.54) is 6.08 Å². The standard InChI is InChI=1S/C17H15ClN2O2/c1-12-6-8-14(9-7-12)17(22)20-19-16(21)11-10-13-4-2-3-5-15(13)18/h2-11H,1H3,(H,19,21)(H,20,22). The van der Waals surface area contributed by atoms with Crippen molar-refractivity contribution in [2.45, 2.75) is 6.92 Å².